The first-order valence-corrected chi connectivity index (χ1v) is 4.12. The van der Waals surface area contributed by atoms with Gasteiger partial charge in [-0.1, -0.05) is 12.1 Å². The molecule has 0 aliphatic rings. The molecule has 0 spiro atoms. The van der Waals surface area contributed by atoms with Crippen LogP contribution in [-0.4, -0.2) is 27.6 Å². The minimum absolute atomic E-state index is 0.00276. The van der Waals surface area contributed by atoms with E-state index in [-0.39, 0.29) is 12.2 Å². The average Bonchev–Trinajstić information content (AvgIpc) is 2.15. The van der Waals surface area contributed by atoms with Gasteiger partial charge in [0, 0.05) is 11.8 Å². The second-order valence-corrected chi connectivity index (χ2v) is 2.98. The molecule has 1 aromatic carbocycles. The summed E-state index contributed by atoms with van der Waals surface area (Å²) in [4.78, 5) is 10.4. The van der Waals surface area contributed by atoms with Gasteiger partial charge in [0.05, 0.1) is 0 Å². The summed E-state index contributed by atoms with van der Waals surface area (Å²) in [6.07, 6.45) is -0.317. The van der Waals surface area contributed by atoms with E-state index >= 15 is 0 Å². The third kappa shape index (κ3) is 3.17. The zero-order valence-electron chi connectivity index (χ0n) is 7.60. The lowest BCUT2D eigenvalue weighted by Crippen LogP contribution is -2.32. The van der Waals surface area contributed by atoms with Crippen LogP contribution in [0.2, 0.25) is 0 Å². The Labute approximate surface area is 84.2 Å². The summed E-state index contributed by atoms with van der Waals surface area (Å²) in [7, 11) is 0. The SMILES string of the molecule is O=C(O)[C@H](Cc1ccc(O)cc1)N(F)F. The van der Waals surface area contributed by atoms with E-state index in [9.17, 15) is 13.8 Å². The molecule has 0 radical (unpaired) electrons. The Kier molecular flexibility index (Phi) is 3.56. The fraction of sp³-hybridized carbons (Fsp3) is 0.222. The maximum atomic E-state index is 12.1. The number of halogens is 2. The van der Waals surface area contributed by atoms with Gasteiger partial charge in [0.1, 0.15) is 5.75 Å². The van der Waals surface area contributed by atoms with Crippen LogP contribution in [-0.2, 0) is 11.2 Å². The van der Waals surface area contributed by atoms with Gasteiger partial charge in [0.25, 0.3) is 0 Å². The molecule has 4 nitrogen and oxygen atoms in total. The maximum Gasteiger partial charge on any atom is 0.326 e. The van der Waals surface area contributed by atoms with E-state index in [1.807, 2.05) is 0 Å². The third-order valence-electron chi connectivity index (χ3n) is 1.89. The van der Waals surface area contributed by atoms with Gasteiger partial charge in [-0.2, -0.15) is 0 Å². The third-order valence-corrected chi connectivity index (χ3v) is 1.89. The van der Waals surface area contributed by atoms with E-state index in [0.29, 0.717) is 5.56 Å². The molecule has 0 fully saturated rings. The number of nitrogens with zero attached hydrogens (tertiary/aromatic N) is 1. The van der Waals surface area contributed by atoms with Gasteiger partial charge >= 0.3 is 5.97 Å². The Hall–Kier alpha value is -1.69. The summed E-state index contributed by atoms with van der Waals surface area (Å²) in [5.41, 5.74) is 0.417. The first-order valence-electron chi connectivity index (χ1n) is 4.12. The van der Waals surface area contributed by atoms with Crippen molar-refractivity contribution in [1.29, 1.82) is 0 Å². The number of phenolic OH excluding ortho intramolecular Hbond substituents is 1. The number of carboxylic acid groups (broad SMARTS) is 1. The quantitative estimate of drug-likeness (QED) is 0.749. The van der Waals surface area contributed by atoms with Crippen molar-refractivity contribution in [1.82, 2.24) is 5.34 Å². The van der Waals surface area contributed by atoms with E-state index < -0.39 is 17.4 Å². The largest absolute Gasteiger partial charge is 0.508 e. The molecule has 1 rings (SSSR count). The molecule has 0 amide bonds. The molecule has 0 aromatic heterocycles. The van der Waals surface area contributed by atoms with Crippen molar-refractivity contribution in [3.63, 3.8) is 0 Å². The van der Waals surface area contributed by atoms with Crippen LogP contribution < -0.4 is 0 Å². The molecule has 0 saturated carbocycles. The Morgan fingerprint density at radius 2 is 1.87 bits per heavy atom. The Balaban J connectivity index is 2.74. The number of benzene rings is 1. The highest BCUT2D eigenvalue weighted by molar-refractivity contribution is 5.73. The predicted octanol–water partition coefficient (Wildman–Crippen LogP) is 1.46. The molecule has 0 heterocycles. The fourth-order valence-electron chi connectivity index (χ4n) is 1.10. The topological polar surface area (TPSA) is 60.8 Å². The van der Waals surface area contributed by atoms with E-state index in [0.717, 1.165) is 0 Å². The summed E-state index contributed by atoms with van der Waals surface area (Å²) >= 11 is 0. The number of carbonyl (C=O) groups is 1. The van der Waals surface area contributed by atoms with Crippen LogP contribution in [0.1, 0.15) is 5.56 Å². The number of phenols is 1. The minimum Gasteiger partial charge on any atom is -0.508 e. The predicted molar refractivity (Wildman–Crippen MR) is 47.3 cm³/mol. The molecular weight excluding hydrogens is 208 g/mol. The number of rotatable bonds is 4. The fourth-order valence-corrected chi connectivity index (χ4v) is 1.10. The molecule has 15 heavy (non-hydrogen) atoms. The van der Waals surface area contributed by atoms with Crippen molar-refractivity contribution in [3.8, 4) is 5.75 Å². The lowest BCUT2D eigenvalue weighted by atomic mass is 10.1. The summed E-state index contributed by atoms with van der Waals surface area (Å²) < 4.78 is 24.2. The van der Waals surface area contributed by atoms with Crippen molar-refractivity contribution >= 4 is 5.97 Å². The Morgan fingerprint density at radius 3 is 2.27 bits per heavy atom. The second-order valence-electron chi connectivity index (χ2n) is 2.98. The van der Waals surface area contributed by atoms with Crippen molar-refractivity contribution in [2.45, 2.75) is 12.5 Å². The smallest absolute Gasteiger partial charge is 0.326 e. The van der Waals surface area contributed by atoms with Crippen LogP contribution in [0.4, 0.5) is 8.96 Å². The first-order chi connectivity index (χ1) is 7.00. The molecule has 1 aromatic rings. The number of hydrogen-bond donors (Lipinski definition) is 2. The molecule has 0 saturated heterocycles. The van der Waals surface area contributed by atoms with Gasteiger partial charge in [-0.05, 0) is 17.7 Å². The maximum absolute atomic E-state index is 12.1. The standard InChI is InChI=1S/C9H9F2NO3/c10-12(11)8(9(14)15)5-6-1-3-7(13)4-2-6/h1-4,8,13H,5H2,(H,14,15)/t8-/m0/s1. The summed E-state index contributed by atoms with van der Waals surface area (Å²) in [5, 5.41) is 16.1. The molecule has 0 aliphatic heterocycles. The summed E-state index contributed by atoms with van der Waals surface area (Å²) in [6.45, 7) is 0. The Morgan fingerprint density at radius 1 is 1.33 bits per heavy atom. The van der Waals surface area contributed by atoms with Crippen LogP contribution in [0.25, 0.3) is 0 Å². The van der Waals surface area contributed by atoms with Gasteiger partial charge in [0.2, 0.25) is 0 Å². The monoisotopic (exact) mass is 217 g/mol. The number of aliphatic carboxylic acids is 1. The van der Waals surface area contributed by atoms with Crippen LogP contribution >= 0.6 is 0 Å². The average molecular weight is 217 g/mol. The molecule has 1 atom stereocenters. The summed E-state index contributed by atoms with van der Waals surface area (Å²) in [6, 6.07) is 3.56. The molecule has 82 valence electrons. The number of carboxylic acids is 1. The van der Waals surface area contributed by atoms with Crippen molar-refractivity contribution in [3.05, 3.63) is 29.8 Å². The van der Waals surface area contributed by atoms with E-state index in [2.05, 4.69) is 0 Å². The molecule has 0 unspecified atom stereocenters. The summed E-state index contributed by atoms with van der Waals surface area (Å²) in [5.74, 6) is -1.59. The highest BCUT2D eigenvalue weighted by Gasteiger charge is 2.26. The highest BCUT2D eigenvalue weighted by atomic mass is 19.4. The van der Waals surface area contributed by atoms with Crippen LogP contribution in [0, 0.1) is 0 Å². The lowest BCUT2D eigenvalue weighted by Gasteiger charge is -2.11. The second kappa shape index (κ2) is 4.70. The minimum atomic E-state index is -1.87. The van der Waals surface area contributed by atoms with Crippen molar-refractivity contribution in [2.24, 2.45) is 0 Å². The lowest BCUT2D eigenvalue weighted by molar-refractivity contribution is -0.200. The first kappa shape index (κ1) is 11.4. The zero-order valence-corrected chi connectivity index (χ0v) is 7.60. The van der Waals surface area contributed by atoms with Crippen molar-refractivity contribution in [2.75, 3.05) is 0 Å². The van der Waals surface area contributed by atoms with Gasteiger partial charge < -0.3 is 10.2 Å². The normalized spacial score (nSPS) is 12.7. The molecule has 6 heteroatoms. The van der Waals surface area contributed by atoms with E-state index in [4.69, 9.17) is 10.2 Å². The van der Waals surface area contributed by atoms with Gasteiger partial charge in [-0.3, -0.25) is 4.79 Å². The zero-order chi connectivity index (χ0) is 11.4. The van der Waals surface area contributed by atoms with E-state index in [1.54, 1.807) is 0 Å². The van der Waals surface area contributed by atoms with Gasteiger partial charge in [0.15, 0.2) is 6.04 Å². The van der Waals surface area contributed by atoms with E-state index in [1.165, 1.54) is 24.3 Å². The molecule has 2 N–H and O–H groups in total. The number of hydrogen-bond acceptors (Lipinski definition) is 3. The molecule has 0 aliphatic carbocycles. The molecule has 0 bridgehead atoms. The molecular formula is C9H9F2NO3. The van der Waals surface area contributed by atoms with Crippen molar-refractivity contribution < 1.29 is 24.0 Å². The van der Waals surface area contributed by atoms with Crippen LogP contribution in [0.15, 0.2) is 24.3 Å². The van der Waals surface area contributed by atoms with Crippen LogP contribution in [0.3, 0.4) is 0 Å². The highest BCUT2D eigenvalue weighted by Crippen LogP contribution is 2.14. The van der Waals surface area contributed by atoms with Gasteiger partial charge in [-0.15, -0.1) is 8.96 Å². The number of aromatic hydroxyl groups is 1. The van der Waals surface area contributed by atoms with Crippen LogP contribution in [0.5, 0.6) is 5.75 Å². The van der Waals surface area contributed by atoms with Gasteiger partial charge in [-0.25, -0.2) is 0 Å². The Bertz CT molecular complexity index is 340.